The van der Waals surface area contributed by atoms with Crippen LogP contribution in [0.15, 0.2) is 0 Å². The van der Waals surface area contributed by atoms with Crippen molar-refractivity contribution >= 4 is 5.91 Å². The first-order chi connectivity index (χ1) is 4.93. The zero-order valence-corrected chi connectivity index (χ0v) is 7.55. The van der Waals surface area contributed by atoms with Crippen LogP contribution in [0.5, 0.6) is 0 Å². The third-order valence-electron chi connectivity index (χ3n) is 2.33. The summed E-state index contributed by atoms with van der Waals surface area (Å²) in [6.45, 7) is 6.25. The summed E-state index contributed by atoms with van der Waals surface area (Å²) in [7, 11) is 0. The van der Waals surface area contributed by atoms with Gasteiger partial charge in [-0.1, -0.05) is 20.8 Å². The smallest absolute Gasteiger partial charge is 0.221 e. The first-order valence-electron chi connectivity index (χ1n) is 4.22. The van der Waals surface area contributed by atoms with Gasteiger partial charge >= 0.3 is 0 Å². The first-order valence-corrected chi connectivity index (χ1v) is 4.22. The van der Waals surface area contributed by atoms with Crippen molar-refractivity contribution in [2.75, 3.05) is 0 Å². The topological polar surface area (TPSA) is 43.1 Å². The van der Waals surface area contributed by atoms with E-state index in [9.17, 15) is 4.79 Å². The van der Waals surface area contributed by atoms with Gasteiger partial charge in [0.15, 0.2) is 0 Å². The molecule has 0 aromatic rings. The van der Waals surface area contributed by atoms with Gasteiger partial charge in [0.05, 0.1) is 0 Å². The predicted molar refractivity (Wildman–Crippen MR) is 44.9 cm³/mol. The lowest BCUT2D eigenvalue weighted by Crippen LogP contribution is -2.35. The minimum atomic E-state index is -0.125. The Morgan fingerprint density at radius 3 is 2.00 bits per heavy atom. The van der Waals surface area contributed by atoms with Crippen LogP contribution >= 0.6 is 0 Å². The third kappa shape index (κ3) is 1.95. The van der Waals surface area contributed by atoms with Gasteiger partial charge in [0.1, 0.15) is 0 Å². The van der Waals surface area contributed by atoms with Gasteiger partial charge in [-0.25, -0.2) is 0 Å². The Hall–Kier alpha value is -0.530. The summed E-state index contributed by atoms with van der Waals surface area (Å²) in [5.74, 6) is 0.537. The molecule has 1 aliphatic carbocycles. The maximum atomic E-state index is 11.0. The van der Waals surface area contributed by atoms with Crippen molar-refractivity contribution in [3.05, 3.63) is 0 Å². The number of nitrogens with two attached hydrogens (primary N) is 1. The summed E-state index contributed by atoms with van der Waals surface area (Å²) in [6.07, 6.45) is 2.37. The summed E-state index contributed by atoms with van der Waals surface area (Å²) in [4.78, 5) is 11.0. The van der Waals surface area contributed by atoms with Gasteiger partial charge in [-0.3, -0.25) is 4.79 Å². The molecule has 1 saturated carbocycles. The molecule has 0 aliphatic heterocycles. The predicted octanol–water partition coefficient (Wildman–Crippen LogP) is 1.54. The van der Waals surface area contributed by atoms with E-state index in [-0.39, 0.29) is 17.2 Å². The Bertz CT molecular complexity index is 165. The molecule has 1 fully saturated rings. The van der Waals surface area contributed by atoms with Gasteiger partial charge < -0.3 is 5.73 Å². The first kappa shape index (κ1) is 8.57. The molecule has 1 atom stereocenters. The largest absolute Gasteiger partial charge is 0.369 e. The average Bonchev–Trinajstić information content (AvgIpc) is 2.42. The zero-order chi connectivity index (χ0) is 8.65. The Balaban J connectivity index is 2.66. The van der Waals surface area contributed by atoms with Crippen molar-refractivity contribution in [1.29, 1.82) is 0 Å². The molecule has 0 spiro atoms. The summed E-state index contributed by atoms with van der Waals surface area (Å²) in [6, 6.07) is 0. The van der Waals surface area contributed by atoms with Crippen LogP contribution in [-0.2, 0) is 4.79 Å². The minimum Gasteiger partial charge on any atom is -0.369 e. The van der Waals surface area contributed by atoms with Crippen molar-refractivity contribution in [2.45, 2.75) is 33.6 Å². The van der Waals surface area contributed by atoms with Crippen LogP contribution in [0.3, 0.4) is 0 Å². The monoisotopic (exact) mass is 155 g/mol. The summed E-state index contributed by atoms with van der Waals surface area (Å²) in [5.41, 5.74) is 5.37. The molecule has 0 radical (unpaired) electrons. The minimum absolute atomic E-state index is 0.0486. The molecule has 0 aromatic heterocycles. The second-order valence-electron chi connectivity index (χ2n) is 4.58. The van der Waals surface area contributed by atoms with Crippen LogP contribution in [0.2, 0.25) is 0 Å². The number of hydrogen-bond acceptors (Lipinski definition) is 1. The quantitative estimate of drug-likeness (QED) is 0.646. The molecule has 2 N–H and O–H groups in total. The van der Waals surface area contributed by atoms with Crippen molar-refractivity contribution in [3.63, 3.8) is 0 Å². The second-order valence-corrected chi connectivity index (χ2v) is 4.58. The summed E-state index contributed by atoms with van der Waals surface area (Å²) >= 11 is 0. The highest BCUT2D eigenvalue weighted by Crippen LogP contribution is 2.45. The molecule has 11 heavy (non-hydrogen) atoms. The molecule has 1 aliphatic rings. The Labute approximate surface area is 68.2 Å². The van der Waals surface area contributed by atoms with E-state index in [1.807, 2.05) is 0 Å². The van der Waals surface area contributed by atoms with Crippen molar-refractivity contribution in [3.8, 4) is 0 Å². The average molecular weight is 155 g/mol. The zero-order valence-electron chi connectivity index (χ0n) is 7.55. The molecule has 0 heterocycles. The van der Waals surface area contributed by atoms with Gasteiger partial charge in [0.25, 0.3) is 0 Å². The van der Waals surface area contributed by atoms with Crippen LogP contribution < -0.4 is 5.73 Å². The molecule has 2 nitrogen and oxygen atoms in total. The molecule has 0 bridgehead atoms. The highest BCUT2D eigenvalue weighted by Gasteiger charge is 2.41. The van der Waals surface area contributed by atoms with E-state index in [0.717, 1.165) is 0 Å². The molecule has 1 unspecified atom stereocenters. The number of hydrogen-bond donors (Lipinski definition) is 1. The van der Waals surface area contributed by atoms with Gasteiger partial charge in [0, 0.05) is 5.92 Å². The van der Waals surface area contributed by atoms with E-state index in [4.69, 9.17) is 5.73 Å². The lowest BCUT2D eigenvalue weighted by atomic mass is 9.77. The number of carbonyl (C=O) groups excluding carboxylic acids is 1. The van der Waals surface area contributed by atoms with Crippen LogP contribution in [-0.4, -0.2) is 5.91 Å². The van der Waals surface area contributed by atoms with Gasteiger partial charge in [-0.15, -0.1) is 0 Å². The third-order valence-corrected chi connectivity index (χ3v) is 2.33. The summed E-state index contributed by atoms with van der Waals surface area (Å²) < 4.78 is 0. The molecule has 64 valence electrons. The highest BCUT2D eigenvalue weighted by molar-refractivity contribution is 5.78. The second kappa shape index (κ2) is 2.50. The lowest BCUT2D eigenvalue weighted by Gasteiger charge is -2.27. The Morgan fingerprint density at radius 2 is 1.91 bits per heavy atom. The van der Waals surface area contributed by atoms with Crippen LogP contribution in [0.4, 0.5) is 0 Å². The van der Waals surface area contributed by atoms with Crippen LogP contribution in [0.1, 0.15) is 33.6 Å². The van der Waals surface area contributed by atoms with E-state index in [1.165, 1.54) is 12.8 Å². The Morgan fingerprint density at radius 1 is 1.45 bits per heavy atom. The number of amides is 1. The van der Waals surface area contributed by atoms with E-state index in [0.29, 0.717) is 5.92 Å². The van der Waals surface area contributed by atoms with Gasteiger partial charge in [0.2, 0.25) is 5.91 Å². The van der Waals surface area contributed by atoms with Crippen molar-refractivity contribution in [1.82, 2.24) is 0 Å². The van der Waals surface area contributed by atoms with Gasteiger partial charge in [-0.2, -0.15) is 0 Å². The molecule has 1 amide bonds. The fourth-order valence-corrected chi connectivity index (χ4v) is 1.80. The van der Waals surface area contributed by atoms with Crippen molar-refractivity contribution in [2.24, 2.45) is 23.0 Å². The van der Waals surface area contributed by atoms with E-state index < -0.39 is 0 Å². The number of primary amides is 1. The molecule has 0 saturated heterocycles. The molecule has 0 aromatic carbocycles. The lowest BCUT2D eigenvalue weighted by molar-refractivity contribution is -0.125. The molecule has 2 heteroatoms. The number of carbonyl (C=O) groups is 1. The number of rotatable bonds is 2. The molecular formula is C9H17NO. The molecule has 1 rings (SSSR count). The maximum absolute atomic E-state index is 11.0. The molecular weight excluding hydrogens is 138 g/mol. The van der Waals surface area contributed by atoms with Gasteiger partial charge in [-0.05, 0) is 24.2 Å². The van der Waals surface area contributed by atoms with Crippen LogP contribution in [0, 0.1) is 17.3 Å². The standard InChI is InChI=1S/C9H17NO/c1-9(2,3)7(8(10)11)6-4-5-6/h6-7H,4-5H2,1-3H3,(H2,10,11). The maximum Gasteiger partial charge on any atom is 0.221 e. The highest BCUT2D eigenvalue weighted by atomic mass is 16.1. The van der Waals surface area contributed by atoms with Crippen molar-refractivity contribution < 1.29 is 4.79 Å². The Kier molecular flexibility index (Phi) is 1.95. The van der Waals surface area contributed by atoms with E-state index in [1.54, 1.807) is 0 Å². The van der Waals surface area contributed by atoms with E-state index in [2.05, 4.69) is 20.8 Å². The summed E-state index contributed by atoms with van der Waals surface area (Å²) in [5, 5.41) is 0. The fraction of sp³-hybridized carbons (Fsp3) is 0.889. The normalized spacial score (nSPS) is 21.4. The SMILES string of the molecule is CC(C)(C)C(C(N)=O)C1CC1. The van der Waals surface area contributed by atoms with E-state index >= 15 is 0 Å². The fourth-order valence-electron chi connectivity index (χ4n) is 1.80. The van der Waals surface area contributed by atoms with Crippen LogP contribution in [0.25, 0.3) is 0 Å².